The Morgan fingerprint density at radius 2 is 2.00 bits per heavy atom. The predicted octanol–water partition coefficient (Wildman–Crippen LogP) is 1.03. The van der Waals surface area contributed by atoms with Gasteiger partial charge in [0.05, 0.1) is 6.42 Å². The molecule has 1 rings (SSSR count). The van der Waals surface area contributed by atoms with Crippen LogP contribution in [0.4, 0.5) is 0 Å². The molecule has 1 aromatic rings. The fourth-order valence-electron chi connectivity index (χ4n) is 1.02. The van der Waals surface area contributed by atoms with E-state index in [1.165, 1.54) is 0 Å². The third-order valence-corrected chi connectivity index (χ3v) is 1.94. The van der Waals surface area contributed by atoms with E-state index in [1.54, 1.807) is 6.92 Å². The van der Waals surface area contributed by atoms with E-state index in [4.69, 9.17) is 0 Å². The molecule has 0 radical (unpaired) electrons. The normalized spacial score (nSPS) is 12.4. The first-order valence-electron chi connectivity index (χ1n) is 4.27. The number of aryl methyl sites for hydroxylation is 1. The standard InChI is InChI=1S/C9H13N2O2/c1-9(11(12)13)5-8-10-6-3-2-4-7-10/h2-4,6-7,9H,5,8H2,1H3/q+1. The van der Waals surface area contributed by atoms with E-state index < -0.39 is 6.04 Å². The summed E-state index contributed by atoms with van der Waals surface area (Å²) >= 11 is 0. The minimum absolute atomic E-state index is 0.247. The molecule has 1 heterocycles. The second kappa shape index (κ2) is 4.54. The molecule has 0 amide bonds. The van der Waals surface area contributed by atoms with Gasteiger partial charge >= 0.3 is 0 Å². The van der Waals surface area contributed by atoms with Crippen LogP contribution in [0.1, 0.15) is 13.3 Å². The summed E-state index contributed by atoms with van der Waals surface area (Å²) in [5, 5.41) is 10.3. The molecule has 0 aromatic carbocycles. The first kappa shape index (κ1) is 9.64. The van der Waals surface area contributed by atoms with E-state index in [0.29, 0.717) is 13.0 Å². The highest BCUT2D eigenvalue weighted by molar-refractivity contribution is 4.83. The van der Waals surface area contributed by atoms with E-state index in [-0.39, 0.29) is 4.92 Å². The number of hydrogen-bond donors (Lipinski definition) is 0. The molecule has 1 atom stereocenters. The highest BCUT2D eigenvalue weighted by Gasteiger charge is 2.14. The van der Waals surface area contributed by atoms with Gasteiger partial charge in [-0.15, -0.1) is 0 Å². The van der Waals surface area contributed by atoms with Crippen molar-refractivity contribution in [1.29, 1.82) is 0 Å². The molecule has 1 unspecified atom stereocenters. The third kappa shape index (κ3) is 3.19. The van der Waals surface area contributed by atoms with Crippen LogP contribution in [0, 0.1) is 10.1 Å². The van der Waals surface area contributed by atoms with Gasteiger partial charge in [-0.05, 0) is 0 Å². The van der Waals surface area contributed by atoms with Crippen molar-refractivity contribution in [1.82, 2.24) is 0 Å². The van der Waals surface area contributed by atoms with Crippen molar-refractivity contribution in [3.8, 4) is 0 Å². The summed E-state index contributed by atoms with van der Waals surface area (Å²) in [5.41, 5.74) is 0. The zero-order valence-electron chi connectivity index (χ0n) is 7.59. The van der Waals surface area contributed by atoms with E-state index >= 15 is 0 Å². The minimum atomic E-state index is -0.465. The maximum absolute atomic E-state index is 10.3. The molecule has 0 spiro atoms. The maximum atomic E-state index is 10.3. The van der Waals surface area contributed by atoms with Crippen LogP contribution >= 0.6 is 0 Å². The molecule has 13 heavy (non-hydrogen) atoms. The van der Waals surface area contributed by atoms with Crippen molar-refractivity contribution in [2.24, 2.45) is 0 Å². The van der Waals surface area contributed by atoms with Crippen LogP contribution in [0.2, 0.25) is 0 Å². The van der Waals surface area contributed by atoms with Gasteiger partial charge < -0.3 is 0 Å². The summed E-state index contributed by atoms with van der Waals surface area (Å²) in [6.45, 7) is 2.33. The van der Waals surface area contributed by atoms with E-state index in [2.05, 4.69) is 0 Å². The lowest BCUT2D eigenvalue weighted by molar-refractivity contribution is -0.702. The molecule has 0 aliphatic carbocycles. The first-order chi connectivity index (χ1) is 6.20. The first-order valence-corrected chi connectivity index (χ1v) is 4.27. The molecule has 1 aromatic heterocycles. The molecule has 0 saturated carbocycles. The largest absolute Gasteiger partial charge is 0.264 e. The Hall–Kier alpha value is -1.45. The summed E-state index contributed by atoms with van der Waals surface area (Å²) in [6.07, 6.45) is 4.39. The van der Waals surface area contributed by atoms with Crippen LogP contribution < -0.4 is 4.57 Å². The SMILES string of the molecule is CC(CC[n+]1ccccc1)[N+](=O)[O-]. The Kier molecular flexibility index (Phi) is 3.37. The van der Waals surface area contributed by atoms with Crippen molar-refractivity contribution in [2.45, 2.75) is 25.9 Å². The number of hydrogen-bond acceptors (Lipinski definition) is 2. The van der Waals surface area contributed by atoms with Crippen LogP contribution in [-0.4, -0.2) is 11.0 Å². The van der Waals surface area contributed by atoms with Gasteiger partial charge in [0.2, 0.25) is 6.04 Å². The van der Waals surface area contributed by atoms with Gasteiger partial charge in [-0.1, -0.05) is 6.07 Å². The number of rotatable bonds is 4. The summed E-state index contributed by atoms with van der Waals surface area (Å²) in [6, 6.07) is 5.29. The molecule has 4 nitrogen and oxygen atoms in total. The predicted molar refractivity (Wildman–Crippen MR) is 47.7 cm³/mol. The fourth-order valence-corrected chi connectivity index (χ4v) is 1.02. The lowest BCUT2D eigenvalue weighted by Crippen LogP contribution is -2.35. The molecular formula is C9H13N2O2+. The molecular weight excluding hydrogens is 168 g/mol. The molecule has 0 N–H and O–H groups in total. The molecule has 0 aliphatic rings. The fraction of sp³-hybridized carbons (Fsp3) is 0.444. The molecule has 0 bridgehead atoms. The number of nitro groups is 1. The van der Waals surface area contributed by atoms with Gasteiger partial charge in [0.15, 0.2) is 18.9 Å². The Morgan fingerprint density at radius 1 is 1.38 bits per heavy atom. The number of aromatic nitrogens is 1. The average molecular weight is 181 g/mol. The van der Waals surface area contributed by atoms with Crippen LogP contribution in [0.3, 0.4) is 0 Å². The van der Waals surface area contributed by atoms with E-state index in [1.807, 2.05) is 35.2 Å². The zero-order valence-corrected chi connectivity index (χ0v) is 7.59. The number of pyridine rings is 1. The quantitative estimate of drug-likeness (QED) is 0.395. The van der Waals surface area contributed by atoms with E-state index in [0.717, 1.165) is 0 Å². The van der Waals surface area contributed by atoms with Gasteiger partial charge in [-0.25, -0.2) is 4.57 Å². The maximum Gasteiger partial charge on any atom is 0.216 e. The Labute approximate surface area is 77.0 Å². The van der Waals surface area contributed by atoms with Gasteiger partial charge in [0, 0.05) is 24.0 Å². The molecule has 0 fully saturated rings. The van der Waals surface area contributed by atoms with Crippen LogP contribution in [0.25, 0.3) is 0 Å². The lowest BCUT2D eigenvalue weighted by atomic mass is 10.2. The lowest BCUT2D eigenvalue weighted by Gasteiger charge is -1.99. The minimum Gasteiger partial charge on any atom is -0.264 e. The summed E-state index contributed by atoms with van der Waals surface area (Å²) in [5.74, 6) is 0. The van der Waals surface area contributed by atoms with Gasteiger partial charge in [0.25, 0.3) is 0 Å². The summed E-state index contributed by atoms with van der Waals surface area (Å²) in [4.78, 5) is 10.1. The molecule has 70 valence electrons. The van der Waals surface area contributed by atoms with E-state index in [9.17, 15) is 10.1 Å². The van der Waals surface area contributed by atoms with Crippen molar-refractivity contribution in [3.05, 3.63) is 40.7 Å². The average Bonchev–Trinajstić information content (AvgIpc) is 2.15. The summed E-state index contributed by atoms with van der Waals surface area (Å²) in [7, 11) is 0. The van der Waals surface area contributed by atoms with Crippen molar-refractivity contribution < 1.29 is 9.49 Å². The topological polar surface area (TPSA) is 47.0 Å². The zero-order chi connectivity index (χ0) is 9.68. The Morgan fingerprint density at radius 3 is 2.54 bits per heavy atom. The second-order valence-corrected chi connectivity index (χ2v) is 3.04. The van der Waals surface area contributed by atoms with Crippen LogP contribution in [-0.2, 0) is 6.54 Å². The third-order valence-electron chi connectivity index (χ3n) is 1.94. The highest BCUT2D eigenvalue weighted by Crippen LogP contribution is 1.94. The summed E-state index contributed by atoms with van der Waals surface area (Å²) < 4.78 is 1.94. The van der Waals surface area contributed by atoms with Crippen molar-refractivity contribution in [2.75, 3.05) is 0 Å². The molecule has 4 heteroatoms. The number of nitrogens with zero attached hydrogens (tertiary/aromatic N) is 2. The highest BCUT2D eigenvalue weighted by atomic mass is 16.6. The van der Waals surface area contributed by atoms with Gasteiger partial charge in [-0.3, -0.25) is 10.1 Å². The van der Waals surface area contributed by atoms with Gasteiger partial charge in [-0.2, -0.15) is 0 Å². The molecule has 0 saturated heterocycles. The molecule has 0 aliphatic heterocycles. The second-order valence-electron chi connectivity index (χ2n) is 3.04. The Balaban J connectivity index is 2.39. The van der Waals surface area contributed by atoms with Crippen LogP contribution in [0.5, 0.6) is 0 Å². The van der Waals surface area contributed by atoms with Crippen molar-refractivity contribution >= 4 is 0 Å². The van der Waals surface area contributed by atoms with Crippen LogP contribution in [0.15, 0.2) is 30.6 Å². The Bertz CT molecular complexity index is 274. The van der Waals surface area contributed by atoms with Gasteiger partial charge in [0.1, 0.15) is 0 Å². The monoisotopic (exact) mass is 181 g/mol. The smallest absolute Gasteiger partial charge is 0.216 e. The van der Waals surface area contributed by atoms with Crippen molar-refractivity contribution in [3.63, 3.8) is 0 Å².